The van der Waals surface area contributed by atoms with Crippen LogP contribution < -0.4 is 0 Å². The maximum Gasteiger partial charge on any atom is 0.161 e. The number of benzene rings is 1. The zero-order valence-electron chi connectivity index (χ0n) is 10.1. The van der Waals surface area contributed by atoms with Crippen molar-refractivity contribution in [2.75, 3.05) is 13.2 Å². The van der Waals surface area contributed by atoms with Crippen LogP contribution >= 0.6 is 0 Å². The van der Waals surface area contributed by atoms with Crippen LogP contribution in [0.2, 0.25) is 0 Å². The Kier molecular flexibility index (Phi) is 3.02. The third-order valence-corrected chi connectivity index (χ3v) is 3.37. The summed E-state index contributed by atoms with van der Waals surface area (Å²) >= 11 is 0. The van der Waals surface area contributed by atoms with Crippen molar-refractivity contribution in [1.82, 2.24) is 9.55 Å². The zero-order chi connectivity index (χ0) is 13.4. The summed E-state index contributed by atoms with van der Waals surface area (Å²) in [5, 5.41) is 0. The minimum Gasteiger partial charge on any atom is -0.381 e. The molecule has 0 aliphatic carbocycles. The molecule has 0 spiro atoms. The number of ketones is 1. The van der Waals surface area contributed by atoms with Crippen LogP contribution in [0.4, 0.5) is 8.78 Å². The predicted octanol–water partition coefficient (Wildman–Crippen LogP) is 1.92. The van der Waals surface area contributed by atoms with Crippen molar-refractivity contribution in [3.05, 3.63) is 30.1 Å². The number of carbonyl (C=O) groups is 1. The lowest BCUT2D eigenvalue weighted by atomic mass is 10.0. The highest BCUT2D eigenvalue weighted by molar-refractivity contribution is 5.83. The first-order valence-corrected chi connectivity index (χ1v) is 6.05. The first-order chi connectivity index (χ1) is 9.15. The van der Waals surface area contributed by atoms with Gasteiger partial charge in [0.25, 0.3) is 0 Å². The number of rotatable bonds is 3. The zero-order valence-corrected chi connectivity index (χ0v) is 10.1. The number of halogens is 2. The largest absolute Gasteiger partial charge is 0.381 e. The molecule has 1 saturated heterocycles. The van der Waals surface area contributed by atoms with E-state index in [2.05, 4.69) is 4.98 Å². The van der Waals surface area contributed by atoms with E-state index in [9.17, 15) is 13.6 Å². The van der Waals surface area contributed by atoms with Gasteiger partial charge in [0, 0.05) is 24.7 Å². The Morgan fingerprint density at radius 2 is 2.21 bits per heavy atom. The van der Waals surface area contributed by atoms with Crippen molar-refractivity contribution in [1.29, 1.82) is 0 Å². The highest BCUT2D eigenvalue weighted by Crippen LogP contribution is 2.19. The van der Waals surface area contributed by atoms with Crippen LogP contribution in [0.15, 0.2) is 18.5 Å². The number of hydrogen-bond acceptors (Lipinski definition) is 3. The molecule has 0 amide bonds. The molecule has 19 heavy (non-hydrogen) atoms. The second-order valence-corrected chi connectivity index (χ2v) is 4.65. The molecule has 100 valence electrons. The van der Waals surface area contributed by atoms with E-state index in [-0.39, 0.29) is 18.2 Å². The monoisotopic (exact) mass is 266 g/mol. The Morgan fingerprint density at radius 1 is 1.42 bits per heavy atom. The Hall–Kier alpha value is -1.82. The summed E-state index contributed by atoms with van der Waals surface area (Å²) in [5.74, 6) is -1.96. The van der Waals surface area contributed by atoms with Gasteiger partial charge >= 0.3 is 0 Å². The first-order valence-electron chi connectivity index (χ1n) is 6.05. The van der Waals surface area contributed by atoms with Gasteiger partial charge in [0.1, 0.15) is 0 Å². The van der Waals surface area contributed by atoms with Gasteiger partial charge in [-0.15, -0.1) is 0 Å². The molecule has 1 aliphatic rings. The summed E-state index contributed by atoms with van der Waals surface area (Å²) in [5.41, 5.74) is 0.764. The first kappa shape index (κ1) is 12.2. The SMILES string of the molecule is O=C(Cn1cnc2cc(F)c(F)cc21)C1CCOC1. The maximum absolute atomic E-state index is 13.2. The minimum absolute atomic E-state index is 0.0292. The molecule has 1 aromatic heterocycles. The lowest BCUT2D eigenvalue weighted by Crippen LogP contribution is -2.19. The molecule has 1 aromatic carbocycles. The summed E-state index contributed by atoms with van der Waals surface area (Å²) in [6.07, 6.45) is 2.14. The van der Waals surface area contributed by atoms with Crippen molar-refractivity contribution < 1.29 is 18.3 Å². The van der Waals surface area contributed by atoms with Crippen molar-refractivity contribution in [3.63, 3.8) is 0 Å². The highest BCUT2D eigenvalue weighted by Gasteiger charge is 2.24. The quantitative estimate of drug-likeness (QED) is 0.852. The molecule has 2 aromatic rings. The number of aromatic nitrogens is 2. The number of carbonyl (C=O) groups excluding carboxylic acids is 1. The van der Waals surface area contributed by atoms with Gasteiger partial charge in [-0.2, -0.15) is 0 Å². The summed E-state index contributed by atoms with van der Waals surface area (Å²) in [4.78, 5) is 16.0. The van der Waals surface area contributed by atoms with Crippen LogP contribution in [0.5, 0.6) is 0 Å². The van der Waals surface area contributed by atoms with Crippen molar-refractivity contribution >= 4 is 16.8 Å². The average molecular weight is 266 g/mol. The molecule has 0 bridgehead atoms. The fourth-order valence-corrected chi connectivity index (χ4v) is 2.26. The van der Waals surface area contributed by atoms with E-state index in [0.29, 0.717) is 30.7 Å². The van der Waals surface area contributed by atoms with Gasteiger partial charge in [-0.25, -0.2) is 13.8 Å². The molecule has 1 aliphatic heterocycles. The van der Waals surface area contributed by atoms with Gasteiger partial charge in [0.15, 0.2) is 17.4 Å². The number of nitrogens with zero attached hydrogens (tertiary/aromatic N) is 2. The Balaban J connectivity index is 1.88. The summed E-state index contributed by atoms with van der Waals surface area (Å²) in [7, 11) is 0. The molecule has 3 rings (SSSR count). The molecule has 0 radical (unpaired) electrons. The predicted molar refractivity (Wildman–Crippen MR) is 63.6 cm³/mol. The van der Waals surface area contributed by atoms with E-state index in [0.717, 1.165) is 12.1 Å². The minimum atomic E-state index is -0.939. The molecule has 0 saturated carbocycles. The van der Waals surface area contributed by atoms with Gasteiger partial charge in [0.2, 0.25) is 0 Å². The molecular formula is C13H12F2N2O2. The fourth-order valence-electron chi connectivity index (χ4n) is 2.26. The average Bonchev–Trinajstić information content (AvgIpc) is 3.01. The summed E-state index contributed by atoms with van der Waals surface area (Å²) in [6.45, 7) is 1.14. The number of ether oxygens (including phenoxy) is 1. The van der Waals surface area contributed by atoms with E-state index in [1.54, 1.807) is 4.57 Å². The van der Waals surface area contributed by atoms with Gasteiger partial charge in [-0.1, -0.05) is 0 Å². The number of Topliss-reactive ketones (excluding diaryl/α,β-unsaturated/α-hetero) is 1. The van der Waals surface area contributed by atoms with Crippen LogP contribution in [0.25, 0.3) is 11.0 Å². The molecule has 1 fully saturated rings. The van der Waals surface area contributed by atoms with E-state index in [1.807, 2.05) is 0 Å². The third-order valence-electron chi connectivity index (χ3n) is 3.37. The van der Waals surface area contributed by atoms with Crippen LogP contribution in [0.3, 0.4) is 0 Å². The number of fused-ring (bicyclic) bond motifs is 1. The third kappa shape index (κ3) is 2.23. The molecule has 2 heterocycles. The van der Waals surface area contributed by atoms with Crippen LogP contribution in [0, 0.1) is 17.6 Å². The van der Waals surface area contributed by atoms with E-state index < -0.39 is 11.6 Å². The van der Waals surface area contributed by atoms with E-state index in [4.69, 9.17) is 4.74 Å². The van der Waals surface area contributed by atoms with Gasteiger partial charge in [-0.05, 0) is 6.42 Å². The molecule has 4 nitrogen and oxygen atoms in total. The standard InChI is InChI=1S/C13H12F2N2O2/c14-9-3-11-12(4-10(9)15)17(7-16-11)5-13(18)8-1-2-19-6-8/h3-4,7-8H,1-2,5-6H2. The second-order valence-electron chi connectivity index (χ2n) is 4.65. The van der Waals surface area contributed by atoms with Crippen molar-refractivity contribution in [2.45, 2.75) is 13.0 Å². The Labute approximate surface area is 108 Å². The Bertz CT molecular complexity index is 633. The molecule has 0 N–H and O–H groups in total. The van der Waals surface area contributed by atoms with Gasteiger partial charge < -0.3 is 9.30 Å². The summed E-state index contributed by atoms with van der Waals surface area (Å²) in [6, 6.07) is 2.10. The molecular weight excluding hydrogens is 254 g/mol. The second kappa shape index (κ2) is 4.70. The van der Waals surface area contributed by atoms with Crippen molar-refractivity contribution in [3.8, 4) is 0 Å². The highest BCUT2D eigenvalue weighted by atomic mass is 19.2. The summed E-state index contributed by atoms with van der Waals surface area (Å²) < 4.78 is 33.0. The topological polar surface area (TPSA) is 44.1 Å². The molecule has 6 heteroatoms. The lowest BCUT2D eigenvalue weighted by molar-refractivity contribution is -0.123. The van der Waals surface area contributed by atoms with Crippen molar-refractivity contribution in [2.24, 2.45) is 5.92 Å². The van der Waals surface area contributed by atoms with Gasteiger partial charge in [0.05, 0.1) is 30.5 Å². The van der Waals surface area contributed by atoms with Crippen LogP contribution in [-0.2, 0) is 16.1 Å². The Morgan fingerprint density at radius 3 is 2.95 bits per heavy atom. The van der Waals surface area contributed by atoms with E-state index in [1.165, 1.54) is 6.33 Å². The van der Waals surface area contributed by atoms with Crippen LogP contribution in [0.1, 0.15) is 6.42 Å². The normalized spacial score (nSPS) is 19.2. The number of hydrogen-bond donors (Lipinski definition) is 0. The molecule has 1 atom stereocenters. The van der Waals surface area contributed by atoms with Gasteiger partial charge in [-0.3, -0.25) is 4.79 Å². The smallest absolute Gasteiger partial charge is 0.161 e. The number of imidazole rings is 1. The van der Waals surface area contributed by atoms with Crippen LogP contribution in [-0.4, -0.2) is 28.5 Å². The lowest BCUT2D eigenvalue weighted by Gasteiger charge is -2.08. The fraction of sp³-hybridized carbons (Fsp3) is 0.385. The molecule has 1 unspecified atom stereocenters. The van der Waals surface area contributed by atoms with E-state index >= 15 is 0 Å². The maximum atomic E-state index is 13.2.